The van der Waals surface area contributed by atoms with Crippen molar-refractivity contribution in [2.75, 3.05) is 41.0 Å². The molecule has 0 radical (unpaired) electrons. The van der Waals surface area contributed by atoms with E-state index in [1.165, 1.54) is 32.1 Å². The Hall–Kier alpha value is -2.19. The summed E-state index contributed by atoms with van der Waals surface area (Å²) in [5, 5.41) is 9.52. The van der Waals surface area contributed by atoms with Crippen LogP contribution in [0.2, 0.25) is 0 Å². The maximum Gasteiger partial charge on any atom is 0.362 e. The average molecular weight is 625 g/mol. The summed E-state index contributed by atoms with van der Waals surface area (Å²) in [5.74, 6) is -1.51. The predicted octanol–water partition coefficient (Wildman–Crippen LogP) is 8.18. The fraction of sp³-hybridized carbons (Fsp3) is 0.806. The van der Waals surface area contributed by atoms with Crippen LogP contribution < -0.4 is 0 Å². The van der Waals surface area contributed by atoms with Crippen LogP contribution in [-0.2, 0) is 28.6 Å². The lowest BCUT2D eigenvalue weighted by Gasteiger charge is -2.31. The maximum absolute atomic E-state index is 12.5. The zero-order chi connectivity index (χ0) is 32.9. The Kier molecular flexibility index (Phi) is 26.9. The zero-order valence-corrected chi connectivity index (χ0v) is 28.9. The molecule has 0 amide bonds. The maximum atomic E-state index is 12.5. The molecule has 0 aromatic heterocycles. The molecule has 0 spiro atoms. The van der Waals surface area contributed by atoms with Gasteiger partial charge in [-0.1, -0.05) is 95.9 Å². The molecule has 0 saturated heterocycles. The number of hydrogen-bond donors (Lipinski definition) is 1. The number of likely N-dealkylation sites (N-methyl/N-ethyl adjacent to an activating group) is 1. The van der Waals surface area contributed by atoms with Gasteiger partial charge < -0.3 is 23.8 Å². The van der Waals surface area contributed by atoms with E-state index < -0.39 is 18.1 Å². The highest BCUT2D eigenvalue weighted by Gasteiger charge is 2.31. The number of aliphatic carboxylic acids is 1. The lowest BCUT2D eigenvalue weighted by molar-refractivity contribution is -0.887. The number of unbranched alkanes of at least 4 members (excludes halogenated alkanes) is 12. The number of quaternary nitrogens is 1. The Morgan fingerprint density at radius 1 is 0.682 bits per heavy atom. The van der Waals surface area contributed by atoms with E-state index in [4.69, 9.17) is 14.2 Å². The third-order valence-electron chi connectivity index (χ3n) is 7.60. The molecular formula is C36H66NO7+. The molecule has 0 aromatic rings. The van der Waals surface area contributed by atoms with E-state index in [9.17, 15) is 19.5 Å². The number of esters is 2. The molecule has 0 heterocycles. The number of carbonyl (C=O) groups is 3. The van der Waals surface area contributed by atoms with E-state index in [0.29, 0.717) is 19.3 Å². The molecule has 1 N–H and O–H groups in total. The third-order valence-corrected chi connectivity index (χ3v) is 7.60. The van der Waals surface area contributed by atoms with Crippen molar-refractivity contribution in [3.05, 3.63) is 24.3 Å². The molecule has 8 heteroatoms. The van der Waals surface area contributed by atoms with Crippen molar-refractivity contribution in [3.8, 4) is 0 Å². The molecule has 2 unspecified atom stereocenters. The number of nitrogens with zero attached hydrogens (tertiary/aromatic N) is 1. The fourth-order valence-electron chi connectivity index (χ4n) is 4.82. The molecule has 0 saturated carbocycles. The van der Waals surface area contributed by atoms with E-state index in [2.05, 4.69) is 38.2 Å². The van der Waals surface area contributed by atoms with Crippen LogP contribution in [0, 0.1) is 0 Å². The molecule has 2 atom stereocenters. The molecule has 0 aromatic carbocycles. The van der Waals surface area contributed by atoms with Crippen LogP contribution in [0.25, 0.3) is 0 Å². The van der Waals surface area contributed by atoms with E-state index in [1.54, 1.807) is 0 Å². The van der Waals surface area contributed by atoms with E-state index in [1.807, 2.05) is 21.1 Å². The normalized spacial score (nSPS) is 13.4. The second-order valence-electron chi connectivity index (χ2n) is 12.8. The summed E-state index contributed by atoms with van der Waals surface area (Å²) in [6.45, 7) is 4.56. The minimum atomic E-state index is -0.881. The second kappa shape index (κ2) is 28.3. The van der Waals surface area contributed by atoms with Crippen LogP contribution in [0.15, 0.2) is 24.3 Å². The summed E-state index contributed by atoms with van der Waals surface area (Å²) in [4.78, 5) is 36.3. The highest BCUT2D eigenvalue weighted by atomic mass is 16.6. The highest BCUT2D eigenvalue weighted by molar-refractivity contribution is 5.72. The van der Waals surface area contributed by atoms with Crippen LogP contribution in [0.3, 0.4) is 0 Å². The van der Waals surface area contributed by atoms with Gasteiger partial charge in [0.25, 0.3) is 0 Å². The molecule has 8 nitrogen and oxygen atoms in total. The van der Waals surface area contributed by atoms with Gasteiger partial charge in [0.1, 0.15) is 6.61 Å². The zero-order valence-electron chi connectivity index (χ0n) is 28.9. The Morgan fingerprint density at radius 3 is 1.77 bits per heavy atom. The number of carbonyl (C=O) groups excluding carboxylic acids is 2. The smallest absolute Gasteiger partial charge is 0.362 e. The summed E-state index contributed by atoms with van der Waals surface area (Å²) in [6, 6.07) is -0.611. The van der Waals surface area contributed by atoms with Gasteiger partial charge in [0.2, 0.25) is 0 Å². The topological polar surface area (TPSA) is 99.1 Å². The number of ether oxygens (including phenoxy) is 3. The molecule has 0 aliphatic heterocycles. The Labute approximate surface area is 269 Å². The molecule has 44 heavy (non-hydrogen) atoms. The second-order valence-corrected chi connectivity index (χ2v) is 12.8. The summed E-state index contributed by atoms with van der Waals surface area (Å²) < 4.78 is 17.0. The average Bonchev–Trinajstić information content (AvgIpc) is 2.96. The first-order chi connectivity index (χ1) is 21.1. The standard InChI is InChI=1S/C36H65NO7/c1-6-8-10-12-13-14-15-16-17-18-19-20-21-22-23-25-27-35(39)44-32(31-43-34(38)26-24-11-9-7-2)30-42-29-28-33(36(40)41)37(3,4)5/h14-15,17-18,32-33H,6-13,16,19-31H2,1-5H3/p+1/b15-14-,18-17-. The van der Waals surface area contributed by atoms with Crippen molar-refractivity contribution in [1.82, 2.24) is 0 Å². The van der Waals surface area contributed by atoms with Gasteiger partial charge in [-0.25, -0.2) is 4.79 Å². The van der Waals surface area contributed by atoms with Crippen molar-refractivity contribution in [1.29, 1.82) is 0 Å². The van der Waals surface area contributed by atoms with Gasteiger partial charge in [-0.15, -0.1) is 0 Å². The number of allylic oxidation sites excluding steroid dienone is 4. The van der Waals surface area contributed by atoms with Gasteiger partial charge in [-0.3, -0.25) is 9.59 Å². The lowest BCUT2D eigenvalue weighted by Crippen LogP contribution is -2.50. The Morgan fingerprint density at radius 2 is 1.20 bits per heavy atom. The number of carboxylic acid groups (broad SMARTS) is 1. The molecule has 0 aliphatic carbocycles. The van der Waals surface area contributed by atoms with Crippen molar-refractivity contribution in [2.24, 2.45) is 0 Å². The van der Waals surface area contributed by atoms with Crippen LogP contribution in [0.1, 0.15) is 136 Å². The molecule has 0 fully saturated rings. The number of rotatable bonds is 30. The monoisotopic (exact) mass is 624 g/mol. The molecule has 0 rings (SSSR count). The van der Waals surface area contributed by atoms with Gasteiger partial charge in [0, 0.05) is 19.3 Å². The van der Waals surface area contributed by atoms with Gasteiger partial charge >= 0.3 is 17.9 Å². The van der Waals surface area contributed by atoms with Crippen LogP contribution in [0.5, 0.6) is 0 Å². The summed E-state index contributed by atoms with van der Waals surface area (Å²) >= 11 is 0. The summed E-state index contributed by atoms with van der Waals surface area (Å²) in [6.07, 6.45) is 26.9. The quantitative estimate of drug-likeness (QED) is 0.0372. The van der Waals surface area contributed by atoms with E-state index in [-0.39, 0.29) is 36.2 Å². The van der Waals surface area contributed by atoms with Crippen molar-refractivity contribution in [2.45, 2.75) is 148 Å². The van der Waals surface area contributed by atoms with Crippen LogP contribution in [0.4, 0.5) is 0 Å². The Balaban J connectivity index is 4.34. The van der Waals surface area contributed by atoms with Crippen LogP contribution >= 0.6 is 0 Å². The van der Waals surface area contributed by atoms with E-state index >= 15 is 0 Å². The third kappa shape index (κ3) is 26.2. The highest BCUT2D eigenvalue weighted by Crippen LogP contribution is 2.12. The predicted molar refractivity (Wildman–Crippen MR) is 178 cm³/mol. The van der Waals surface area contributed by atoms with Crippen LogP contribution in [-0.4, -0.2) is 80.6 Å². The number of hydrogen-bond acceptors (Lipinski definition) is 6. The largest absolute Gasteiger partial charge is 0.477 e. The first-order valence-electron chi connectivity index (χ1n) is 17.4. The van der Waals surface area contributed by atoms with E-state index in [0.717, 1.165) is 70.6 Å². The molecule has 256 valence electrons. The first kappa shape index (κ1) is 41.8. The molecule has 0 bridgehead atoms. The van der Waals surface area contributed by atoms with Crippen molar-refractivity contribution >= 4 is 17.9 Å². The minimum Gasteiger partial charge on any atom is -0.477 e. The SMILES string of the molecule is CCCCCC/C=C\C/C=C\CCCCCCCC(=O)OC(COCCC(C(=O)O)[N+](C)(C)C)COC(=O)CCCCCC. The van der Waals surface area contributed by atoms with Gasteiger partial charge in [0.05, 0.1) is 34.4 Å². The summed E-state index contributed by atoms with van der Waals surface area (Å²) in [5.41, 5.74) is 0. The first-order valence-corrected chi connectivity index (χ1v) is 17.4. The Bertz CT molecular complexity index is 788. The number of carboxylic acids is 1. The van der Waals surface area contributed by atoms with Gasteiger partial charge in [-0.2, -0.15) is 0 Å². The van der Waals surface area contributed by atoms with Gasteiger partial charge in [0.15, 0.2) is 12.1 Å². The lowest BCUT2D eigenvalue weighted by atomic mass is 10.1. The molecular weight excluding hydrogens is 558 g/mol. The van der Waals surface area contributed by atoms with Crippen molar-refractivity contribution < 1.29 is 38.2 Å². The fourth-order valence-corrected chi connectivity index (χ4v) is 4.82. The van der Waals surface area contributed by atoms with Crippen molar-refractivity contribution in [3.63, 3.8) is 0 Å². The summed E-state index contributed by atoms with van der Waals surface area (Å²) in [7, 11) is 5.49. The molecule has 0 aliphatic rings. The van der Waals surface area contributed by atoms with Gasteiger partial charge in [-0.05, 0) is 44.9 Å². The minimum absolute atomic E-state index is 0.0562.